The Kier molecular flexibility index (Phi) is 7.05. The minimum absolute atomic E-state index is 0.0241. The molecule has 35 heavy (non-hydrogen) atoms. The van der Waals surface area contributed by atoms with Gasteiger partial charge in [-0.3, -0.25) is 19.5 Å². The first-order chi connectivity index (χ1) is 16.6. The number of non-ortho nitro benzene ring substituents is 1. The molecule has 1 aromatic heterocycles. The molecule has 0 unspecified atom stereocenters. The monoisotopic (exact) mass is 506 g/mol. The molecule has 0 fully saturated rings. The predicted molar refractivity (Wildman–Crippen MR) is 139 cm³/mol. The van der Waals surface area contributed by atoms with E-state index in [1.54, 1.807) is 18.2 Å². The molecule has 0 aliphatic rings. The average molecular weight is 507 g/mol. The number of nitro benzene ring substituents is 1. The van der Waals surface area contributed by atoms with Crippen LogP contribution in [-0.4, -0.2) is 31.2 Å². The SMILES string of the molecule is CC(C)(C)c1ccc(-c2nnc(SCC(=O)c3cccc([N+](=O)[O-])c3)n2-c2ccc(Cl)cc2)cc1. The molecule has 0 atom stereocenters. The molecular formula is C26H23ClN4O3S. The summed E-state index contributed by atoms with van der Waals surface area (Å²) in [5.41, 5.74) is 3.08. The second-order valence-corrected chi connectivity index (χ2v) is 10.3. The van der Waals surface area contributed by atoms with Gasteiger partial charge >= 0.3 is 0 Å². The van der Waals surface area contributed by atoms with Crippen molar-refractivity contribution in [3.8, 4) is 17.1 Å². The van der Waals surface area contributed by atoms with Gasteiger partial charge in [0.2, 0.25) is 0 Å². The minimum atomic E-state index is -0.516. The lowest BCUT2D eigenvalue weighted by Crippen LogP contribution is -2.10. The third-order valence-corrected chi connectivity index (χ3v) is 6.62. The number of Topliss-reactive ketones (excluding diaryl/α,β-unsaturated/α-hetero) is 1. The van der Waals surface area contributed by atoms with Crippen molar-refractivity contribution in [1.82, 2.24) is 14.8 Å². The summed E-state index contributed by atoms with van der Waals surface area (Å²) in [7, 11) is 0. The van der Waals surface area contributed by atoms with Crippen LogP contribution < -0.4 is 0 Å². The number of halogens is 1. The van der Waals surface area contributed by atoms with E-state index in [4.69, 9.17) is 11.6 Å². The number of ketones is 1. The molecule has 0 N–H and O–H groups in total. The standard InChI is InChI=1S/C26H23ClN4O3S/c1-26(2,3)19-9-7-17(8-10-19)24-28-29-25(30(24)21-13-11-20(27)12-14-21)35-16-23(32)18-5-4-6-22(15-18)31(33)34/h4-15H,16H2,1-3H3. The molecule has 0 bridgehead atoms. The van der Waals surface area contributed by atoms with Gasteiger partial charge in [-0.25, -0.2) is 0 Å². The van der Waals surface area contributed by atoms with E-state index < -0.39 is 4.92 Å². The number of aromatic nitrogens is 3. The number of benzene rings is 3. The summed E-state index contributed by atoms with van der Waals surface area (Å²) in [6.45, 7) is 6.47. The van der Waals surface area contributed by atoms with Gasteiger partial charge in [0.15, 0.2) is 16.8 Å². The van der Waals surface area contributed by atoms with E-state index in [0.717, 1.165) is 11.3 Å². The molecule has 0 saturated carbocycles. The van der Waals surface area contributed by atoms with Crippen LogP contribution >= 0.6 is 23.4 Å². The van der Waals surface area contributed by atoms with Crippen LogP contribution in [0.2, 0.25) is 5.02 Å². The summed E-state index contributed by atoms with van der Waals surface area (Å²) < 4.78 is 1.88. The average Bonchev–Trinajstić information content (AvgIpc) is 3.26. The molecule has 7 nitrogen and oxygen atoms in total. The van der Waals surface area contributed by atoms with Gasteiger partial charge in [-0.2, -0.15) is 0 Å². The molecule has 0 spiro atoms. The topological polar surface area (TPSA) is 90.9 Å². The highest BCUT2D eigenvalue weighted by Crippen LogP contribution is 2.31. The molecule has 0 amide bonds. The predicted octanol–water partition coefficient (Wildman–Crippen LogP) is 6.77. The van der Waals surface area contributed by atoms with Crippen molar-refractivity contribution < 1.29 is 9.72 Å². The zero-order valence-corrected chi connectivity index (χ0v) is 21.0. The molecule has 0 aliphatic heterocycles. The number of carbonyl (C=O) groups excluding carboxylic acids is 1. The fraction of sp³-hybridized carbons (Fsp3) is 0.192. The van der Waals surface area contributed by atoms with Gasteiger partial charge in [0.25, 0.3) is 5.69 Å². The molecule has 178 valence electrons. The first-order valence-electron chi connectivity index (χ1n) is 10.9. The summed E-state index contributed by atoms with van der Waals surface area (Å²) in [5, 5.41) is 21.0. The van der Waals surface area contributed by atoms with E-state index in [0.29, 0.717) is 16.0 Å². The van der Waals surface area contributed by atoms with Crippen LogP contribution in [0.3, 0.4) is 0 Å². The maximum Gasteiger partial charge on any atom is 0.270 e. The summed E-state index contributed by atoms with van der Waals surface area (Å²) in [6.07, 6.45) is 0. The lowest BCUT2D eigenvalue weighted by molar-refractivity contribution is -0.384. The van der Waals surface area contributed by atoms with E-state index in [9.17, 15) is 14.9 Å². The Morgan fingerprint density at radius 2 is 1.71 bits per heavy atom. The van der Waals surface area contributed by atoms with Gasteiger partial charge in [0, 0.05) is 34.0 Å². The Labute approximate surface area is 212 Å². The molecular weight excluding hydrogens is 484 g/mol. The number of nitro groups is 1. The maximum absolute atomic E-state index is 12.8. The molecule has 1 heterocycles. The number of hydrogen-bond donors (Lipinski definition) is 0. The van der Waals surface area contributed by atoms with Crippen molar-refractivity contribution >= 4 is 34.8 Å². The van der Waals surface area contributed by atoms with E-state index >= 15 is 0 Å². The highest BCUT2D eigenvalue weighted by molar-refractivity contribution is 7.99. The largest absolute Gasteiger partial charge is 0.293 e. The van der Waals surface area contributed by atoms with Crippen molar-refractivity contribution in [3.05, 3.63) is 99.1 Å². The van der Waals surface area contributed by atoms with E-state index in [1.807, 2.05) is 28.8 Å². The van der Waals surface area contributed by atoms with E-state index in [-0.39, 0.29) is 28.2 Å². The van der Waals surface area contributed by atoms with Gasteiger partial charge in [-0.05, 0) is 35.2 Å². The summed E-state index contributed by atoms with van der Waals surface area (Å²) >= 11 is 7.32. The third kappa shape index (κ3) is 5.61. The summed E-state index contributed by atoms with van der Waals surface area (Å²) in [6, 6.07) is 21.2. The molecule has 3 aromatic carbocycles. The number of carbonyl (C=O) groups is 1. The first-order valence-corrected chi connectivity index (χ1v) is 12.2. The lowest BCUT2D eigenvalue weighted by atomic mass is 9.87. The molecule has 4 rings (SSSR count). The Morgan fingerprint density at radius 3 is 2.34 bits per heavy atom. The molecule has 9 heteroatoms. The van der Waals surface area contributed by atoms with Crippen LogP contribution in [-0.2, 0) is 5.41 Å². The maximum atomic E-state index is 12.8. The van der Waals surface area contributed by atoms with Crippen LogP contribution in [0.15, 0.2) is 78.0 Å². The van der Waals surface area contributed by atoms with Crippen molar-refractivity contribution in [2.24, 2.45) is 0 Å². The minimum Gasteiger partial charge on any atom is -0.293 e. The summed E-state index contributed by atoms with van der Waals surface area (Å²) in [4.78, 5) is 23.3. The first kappa shape index (κ1) is 24.6. The normalized spacial score (nSPS) is 11.4. The molecule has 0 saturated heterocycles. The molecule has 0 aliphatic carbocycles. The van der Waals surface area contributed by atoms with Gasteiger partial charge in [-0.1, -0.05) is 80.5 Å². The quantitative estimate of drug-likeness (QED) is 0.119. The highest BCUT2D eigenvalue weighted by Gasteiger charge is 2.20. The smallest absolute Gasteiger partial charge is 0.270 e. The third-order valence-electron chi connectivity index (χ3n) is 5.44. The number of thioether (sulfide) groups is 1. The Morgan fingerprint density at radius 1 is 1.03 bits per heavy atom. The van der Waals surface area contributed by atoms with Crippen molar-refractivity contribution in [2.75, 3.05) is 5.75 Å². The summed E-state index contributed by atoms with van der Waals surface area (Å²) in [5.74, 6) is 0.453. The fourth-order valence-corrected chi connectivity index (χ4v) is 4.47. The lowest BCUT2D eigenvalue weighted by Gasteiger charge is -2.19. The van der Waals surface area contributed by atoms with Crippen LogP contribution in [0.25, 0.3) is 17.1 Å². The van der Waals surface area contributed by atoms with E-state index in [2.05, 4.69) is 43.1 Å². The fourth-order valence-electron chi connectivity index (χ4n) is 3.50. The number of nitrogens with zero attached hydrogens (tertiary/aromatic N) is 4. The van der Waals surface area contributed by atoms with Crippen LogP contribution in [0.1, 0.15) is 36.7 Å². The highest BCUT2D eigenvalue weighted by atomic mass is 35.5. The van der Waals surface area contributed by atoms with Crippen molar-refractivity contribution in [1.29, 1.82) is 0 Å². The second-order valence-electron chi connectivity index (χ2n) is 8.96. The Bertz CT molecular complexity index is 1380. The van der Waals surface area contributed by atoms with Crippen molar-refractivity contribution in [3.63, 3.8) is 0 Å². The number of rotatable bonds is 7. The van der Waals surface area contributed by atoms with Gasteiger partial charge in [-0.15, -0.1) is 10.2 Å². The number of hydrogen-bond acceptors (Lipinski definition) is 6. The van der Waals surface area contributed by atoms with Crippen LogP contribution in [0, 0.1) is 10.1 Å². The molecule has 0 radical (unpaired) electrons. The molecule has 4 aromatic rings. The van der Waals surface area contributed by atoms with Gasteiger partial charge in [0.05, 0.1) is 10.7 Å². The van der Waals surface area contributed by atoms with Crippen LogP contribution in [0.4, 0.5) is 5.69 Å². The zero-order valence-electron chi connectivity index (χ0n) is 19.4. The second kappa shape index (κ2) is 10.0. The van der Waals surface area contributed by atoms with Crippen LogP contribution in [0.5, 0.6) is 0 Å². The Hall–Kier alpha value is -3.49. The zero-order chi connectivity index (χ0) is 25.2. The van der Waals surface area contributed by atoms with Gasteiger partial charge in [0.1, 0.15) is 0 Å². The Balaban J connectivity index is 1.66. The van der Waals surface area contributed by atoms with Gasteiger partial charge < -0.3 is 0 Å². The van der Waals surface area contributed by atoms with Crippen molar-refractivity contribution in [2.45, 2.75) is 31.3 Å². The van der Waals surface area contributed by atoms with E-state index in [1.165, 1.54) is 35.5 Å².